The molecule has 0 saturated heterocycles. The van der Waals surface area contributed by atoms with E-state index in [4.69, 9.17) is 0 Å². The van der Waals surface area contributed by atoms with Gasteiger partial charge in [0.1, 0.15) is 11.4 Å². The summed E-state index contributed by atoms with van der Waals surface area (Å²) < 4.78 is 42.2. The predicted octanol–water partition coefficient (Wildman–Crippen LogP) is 4.44. The van der Waals surface area contributed by atoms with Gasteiger partial charge in [0.05, 0.1) is 23.1 Å². The molecule has 1 aromatic carbocycles. The van der Waals surface area contributed by atoms with Crippen molar-refractivity contribution in [2.45, 2.75) is 25.1 Å². The molecule has 3 aromatic heterocycles. The summed E-state index contributed by atoms with van der Waals surface area (Å²) >= 11 is 0. The fourth-order valence-electron chi connectivity index (χ4n) is 3.60. The lowest BCUT2D eigenvalue weighted by Crippen LogP contribution is -2.17. The molecule has 158 valence electrons. The van der Waals surface area contributed by atoms with Crippen LogP contribution in [0, 0.1) is 0 Å². The highest BCUT2D eigenvalue weighted by Crippen LogP contribution is 2.39. The average molecular weight is 426 g/mol. The summed E-state index contributed by atoms with van der Waals surface area (Å²) in [6.07, 6.45) is 0.434. The smallest absolute Gasteiger partial charge is 0.327 e. The van der Waals surface area contributed by atoms with Crippen LogP contribution in [0.2, 0.25) is 0 Å². The molecule has 1 N–H and O–H groups in total. The Hall–Kier alpha value is -3.69. The number of amides is 1. The van der Waals surface area contributed by atoms with Gasteiger partial charge in [-0.15, -0.1) is 0 Å². The summed E-state index contributed by atoms with van der Waals surface area (Å²) in [5, 5.41) is 6.96. The number of nitrogens with zero attached hydrogens (tertiary/aromatic N) is 5. The number of aryl methyl sites for hydroxylation is 1. The third-order valence-electron chi connectivity index (χ3n) is 5.23. The van der Waals surface area contributed by atoms with Gasteiger partial charge < -0.3 is 9.88 Å². The number of halogens is 3. The van der Waals surface area contributed by atoms with E-state index >= 15 is 0 Å². The third-order valence-corrected chi connectivity index (χ3v) is 5.23. The Labute approximate surface area is 174 Å². The quantitative estimate of drug-likeness (QED) is 0.524. The molecule has 10 heteroatoms. The molecule has 3 heterocycles. The SMILES string of the molecule is Cn1nc(-c2cccc3ncn(C4CC4)c23)cc1C(=O)Nc1ccnc(C(F)(F)F)c1. The third kappa shape index (κ3) is 3.54. The van der Waals surface area contributed by atoms with E-state index in [1.165, 1.54) is 10.7 Å². The summed E-state index contributed by atoms with van der Waals surface area (Å²) in [4.78, 5) is 20.5. The van der Waals surface area contributed by atoms with Crippen LogP contribution >= 0.6 is 0 Å². The van der Waals surface area contributed by atoms with Crippen LogP contribution in [0.25, 0.3) is 22.3 Å². The first-order chi connectivity index (χ1) is 14.8. The second kappa shape index (κ2) is 6.93. The molecule has 1 aliphatic rings. The summed E-state index contributed by atoms with van der Waals surface area (Å²) in [5.41, 5.74) is 2.39. The number of benzene rings is 1. The van der Waals surface area contributed by atoms with E-state index in [0.29, 0.717) is 11.7 Å². The zero-order valence-corrected chi connectivity index (χ0v) is 16.4. The van der Waals surface area contributed by atoms with E-state index in [1.807, 2.05) is 24.5 Å². The zero-order chi connectivity index (χ0) is 21.8. The van der Waals surface area contributed by atoms with Crippen LogP contribution in [0.15, 0.2) is 48.9 Å². The summed E-state index contributed by atoms with van der Waals surface area (Å²) in [5.74, 6) is -0.566. The second-order valence-corrected chi connectivity index (χ2v) is 7.48. The topological polar surface area (TPSA) is 77.6 Å². The average Bonchev–Trinajstić information content (AvgIpc) is 3.36. The van der Waals surface area contributed by atoms with E-state index in [1.54, 1.807) is 13.1 Å². The maximum absolute atomic E-state index is 12.9. The Kier molecular flexibility index (Phi) is 4.31. The van der Waals surface area contributed by atoms with Crippen molar-refractivity contribution in [1.82, 2.24) is 24.3 Å². The van der Waals surface area contributed by atoms with Crippen LogP contribution in [0.1, 0.15) is 35.1 Å². The number of hydrogen-bond acceptors (Lipinski definition) is 4. The van der Waals surface area contributed by atoms with Crippen LogP contribution in [0.5, 0.6) is 0 Å². The number of carbonyl (C=O) groups excluding carboxylic acids is 1. The minimum absolute atomic E-state index is 0.00369. The highest BCUT2D eigenvalue weighted by molar-refractivity contribution is 6.04. The van der Waals surface area contributed by atoms with Crippen LogP contribution in [0.4, 0.5) is 18.9 Å². The van der Waals surface area contributed by atoms with Gasteiger partial charge in [-0.3, -0.25) is 14.5 Å². The van der Waals surface area contributed by atoms with Gasteiger partial charge in [-0.1, -0.05) is 12.1 Å². The number of hydrogen-bond donors (Lipinski definition) is 1. The molecule has 1 amide bonds. The zero-order valence-electron chi connectivity index (χ0n) is 16.4. The Bertz CT molecular complexity index is 1300. The molecular weight excluding hydrogens is 409 g/mol. The summed E-state index contributed by atoms with van der Waals surface area (Å²) in [7, 11) is 1.62. The molecule has 0 spiro atoms. The molecule has 0 unspecified atom stereocenters. The van der Waals surface area contributed by atoms with Crippen molar-refractivity contribution < 1.29 is 18.0 Å². The normalized spacial score (nSPS) is 14.2. The Morgan fingerprint density at radius 1 is 1.16 bits per heavy atom. The van der Waals surface area contributed by atoms with Gasteiger partial charge in [-0.05, 0) is 37.1 Å². The van der Waals surface area contributed by atoms with Gasteiger partial charge in [0.2, 0.25) is 0 Å². The number of imidazole rings is 1. The molecule has 0 aliphatic heterocycles. The molecule has 0 radical (unpaired) electrons. The molecule has 7 nitrogen and oxygen atoms in total. The molecule has 4 aromatic rings. The Balaban J connectivity index is 1.48. The Morgan fingerprint density at radius 2 is 1.97 bits per heavy atom. The highest BCUT2D eigenvalue weighted by atomic mass is 19.4. The van der Waals surface area contributed by atoms with Crippen molar-refractivity contribution >= 4 is 22.6 Å². The van der Waals surface area contributed by atoms with Crippen molar-refractivity contribution in [1.29, 1.82) is 0 Å². The highest BCUT2D eigenvalue weighted by Gasteiger charge is 2.32. The van der Waals surface area contributed by atoms with Crippen LogP contribution < -0.4 is 5.32 Å². The maximum atomic E-state index is 12.9. The number of aromatic nitrogens is 5. The van der Waals surface area contributed by atoms with E-state index in [2.05, 4.69) is 25.0 Å². The number of fused-ring (bicyclic) bond motifs is 1. The van der Waals surface area contributed by atoms with Gasteiger partial charge in [0.25, 0.3) is 5.91 Å². The number of carbonyl (C=O) groups is 1. The number of para-hydroxylation sites is 1. The fraction of sp³-hybridized carbons (Fsp3) is 0.238. The monoisotopic (exact) mass is 426 g/mol. The lowest BCUT2D eigenvalue weighted by Gasteiger charge is -2.09. The van der Waals surface area contributed by atoms with Crippen LogP contribution in [-0.2, 0) is 13.2 Å². The van der Waals surface area contributed by atoms with Crippen LogP contribution in [-0.4, -0.2) is 30.2 Å². The summed E-state index contributed by atoms with van der Waals surface area (Å²) in [6, 6.07) is 9.88. The molecule has 0 atom stereocenters. The van der Waals surface area contributed by atoms with Gasteiger partial charge in [-0.25, -0.2) is 4.98 Å². The summed E-state index contributed by atoms with van der Waals surface area (Å²) in [6.45, 7) is 0. The van der Waals surface area contributed by atoms with Gasteiger partial charge in [-0.2, -0.15) is 18.3 Å². The van der Waals surface area contributed by atoms with Crippen molar-refractivity contribution in [2.75, 3.05) is 5.32 Å². The predicted molar refractivity (Wildman–Crippen MR) is 107 cm³/mol. The first-order valence-corrected chi connectivity index (χ1v) is 9.66. The van der Waals surface area contributed by atoms with E-state index in [0.717, 1.165) is 41.7 Å². The van der Waals surface area contributed by atoms with Gasteiger partial charge in [0.15, 0.2) is 0 Å². The molecule has 5 rings (SSSR count). The first-order valence-electron chi connectivity index (χ1n) is 9.66. The van der Waals surface area contributed by atoms with Crippen molar-refractivity contribution in [3.8, 4) is 11.3 Å². The maximum Gasteiger partial charge on any atom is 0.433 e. The molecule has 0 bridgehead atoms. The number of pyridine rings is 1. The number of alkyl halides is 3. The van der Waals surface area contributed by atoms with Crippen molar-refractivity contribution in [2.24, 2.45) is 7.05 Å². The minimum Gasteiger partial charge on any atom is -0.327 e. The van der Waals surface area contributed by atoms with E-state index in [9.17, 15) is 18.0 Å². The molecule has 1 aliphatic carbocycles. The van der Waals surface area contributed by atoms with Crippen molar-refractivity contribution in [3.05, 3.63) is 60.3 Å². The molecule has 1 saturated carbocycles. The van der Waals surface area contributed by atoms with Gasteiger partial charge in [0, 0.05) is 30.5 Å². The van der Waals surface area contributed by atoms with Crippen LogP contribution in [0.3, 0.4) is 0 Å². The largest absolute Gasteiger partial charge is 0.433 e. The number of anilines is 1. The minimum atomic E-state index is -4.59. The first kappa shape index (κ1) is 19.3. The van der Waals surface area contributed by atoms with Crippen molar-refractivity contribution in [3.63, 3.8) is 0 Å². The lowest BCUT2D eigenvalue weighted by molar-refractivity contribution is -0.141. The number of rotatable bonds is 4. The van der Waals surface area contributed by atoms with E-state index in [-0.39, 0.29) is 11.4 Å². The fourth-order valence-corrected chi connectivity index (χ4v) is 3.60. The molecule has 31 heavy (non-hydrogen) atoms. The molecule has 1 fully saturated rings. The van der Waals surface area contributed by atoms with E-state index < -0.39 is 17.8 Å². The lowest BCUT2D eigenvalue weighted by atomic mass is 10.1. The standard InChI is InChI=1S/C21H17F3N6O/c1-29-17(20(31)27-12-7-8-25-18(9-12)21(22,23)24)10-16(28-29)14-3-2-4-15-19(14)30(11-26-15)13-5-6-13/h2-4,7-11,13H,5-6H2,1H3,(H,25,27,31). The Morgan fingerprint density at radius 3 is 2.71 bits per heavy atom. The second-order valence-electron chi connectivity index (χ2n) is 7.48. The molecular formula is C21H17F3N6O. The number of nitrogens with one attached hydrogen (secondary N) is 1. The van der Waals surface area contributed by atoms with Gasteiger partial charge >= 0.3 is 6.18 Å².